The van der Waals surface area contributed by atoms with Crippen LogP contribution in [-0.2, 0) is 24.4 Å². The van der Waals surface area contributed by atoms with E-state index in [0.717, 1.165) is 38.2 Å². The van der Waals surface area contributed by atoms with Crippen LogP contribution in [0.4, 0.5) is 0 Å². The number of rotatable bonds is 4. The second-order valence-corrected chi connectivity index (χ2v) is 7.67. The van der Waals surface area contributed by atoms with Gasteiger partial charge in [0.2, 0.25) is 0 Å². The molecular formula is C19H23ClN4O3. The van der Waals surface area contributed by atoms with Gasteiger partial charge in [0, 0.05) is 19.6 Å². The second-order valence-electron chi connectivity index (χ2n) is 7.26. The SMILES string of the molecule is COc1cc(CN2CCC3(CC2)Cn2nc(C(N)=O)cc2CO3)ccc1Cl. The number of primary amides is 1. The fourth-order valence-corrected chi connectivity index (χ4v) is 4.05. The van der Waals surface area contributed by atoms with E-state index < -0.39 is 5.91 Å². The Balaban J connectivity index is 1.39. The van der Waals surface area contributed by atoms with Gasteiger partial charge in [-0.1, -0.05) is 17.7 Å². The largest absolute Gasteiger partial charge is 0.495 e. The van der Waals surface area contributed by atoms with Crippen molar-refractivity contribution >= 4 is 17.5 Å². The molecule has 0 radical (unpaired) electrons. The Bertz CT molecular complexity index is 859. The maximum absolute atomic E-state index is 11.4. The number of hydrogen-bond donors (Lipinski definition) is 1. The molecule has 0 saturated carbocycles. The number of hydrogen-bond acceptors (Lipinski definition) is 5. The van der Waals surface area contributed by atoms with Gasteiger partial charge in [-0.05, 0) is 36.6 Å². The maximum atomic E-state index is 11.4. The monoisotopic (exact) mass is 390 g/mol. The van der Waals surface area contributed by atoms with E-state index in [4.69, 9.17) is 26.8 Å². The van der Waals surface area contributed by atoms with Crippen molar-refractivity contribution in [3.8, 4) is 5.75 Å². The number of nitrogens with two attached hydrogens (primary N) is 1. The molecule has 2 aromatic rings. The lowest BCUT2D eigenvalue weighted by molar-refractivity contribution is -0.124. The predicted molar refractivity (Wildman–Crippen MR) is 101 cm³/mol. The van der Waals surface area contributed by atoms with E-state index in [9.17, 15) is 4.79 Å². The molecular weight excluding hydrogens is 368 g/mol. The lowest BCUT2D eigenvalue weighted by atomic mass is 9.89. The average Bonchev–Trinajstić information content (AvgIpc) is 3.08. The molecule has 1 fully saturated rings. The lowest BCUT2D eigenvalue weighted by Gasteiger charge is -2.43. The first kappa shape index (κ1) is 18.3. The van der Waals surface area contributed by atoms with Crippen molar-refractivity contribution in [1.29, 1.82) is 0 Å². The van der Waals surface area contributed by atoms with Crippen molar-refractivity contribution < 1.29 is 14.3 Å². The number of ether oxygens (including phenoxy) is 2. The van der Waals surface area contributed by atoms with E-state index >= 15 is 0 Å². The summed E-state index contributed by atoms with van der Waals surface area (Å²) in [4.78, 5) is 13.8. The van der Waals surface area contributed by atoms with Crippen LogP contribution in [0, 0.1) is 0 Å². The molecule has 0 aliphatic carbocycles. The molecule has 27 heavy (non-hydrogen) atoms. The molecule has 144 valence electrons. The second kappa shape index (κ2) is 7.14. The summed E-state index contributed by atoms with van der Waals surface area (Å²) in [5.41, 5.74) is 7.51. The van der Waals surface area contributed by atoms with Gasteiger partial charge in [-0.15, -0.1) is 0 Å². The van der Waals surface area contributed by atoms with Gasteiger partial charge < -0.3 is 15.2 Å². The third-order valence-corrected chi connectivity index (χ3v) is 5.78. The first-order chi connectivity index (χ1) is 13.0. The summed E-state index contributed by atoms with van der Waals surface area (Å²) in [6, 6.07) is 7.62. The molecule has 1 spiro atoms. The van der Waals surface area contributed by atoms with Gasteiger partial charge >= 0.3 is 0 Å². The van der Waals surface area contributed by atoms with Gasteiger partial charge in [0.25, 0.3) is 5.91 Å². The number of benzene rings is 1. The number of halogens is 1. The Labute approximate surface area is 163 Å². The van der Waals surface area contributed by atoms with Crippen molar-refractivity contribution in [3.63, 3.8) is 0 Å². The molecule has 4 rings (SSSR count). The fraction of sp³-hybridized carbons (Fsp3) is 0.474. The minimum absolute atomic E-state index is 0.220. The van der Waals surface area contributed by atoms with Crippen LogP contribution < -0.4 is 10.5 Å². The number of amides is 1. The third kappa shape index (κ3) is 3.67. The Morgan fingerprint density at radius 1 is 1.37 bits per heavy atom. The number of carbonyl (C=O) groups excluding carboxylic acids is 1. The molecule has 3 heterocycles. The first-order valence-electron chi connectivity index (χ1n) is 9.03. The minimum atomic E-state index is -0.501. The zero-order chi connectivity index (χ0) is 19.0. The topological polar surface area (TPSA) is 82.6 Å². The highest BCUT2D eigenvalue weighted by Gasteiger charge is 2.39. The van der Waals surface area contributed by atoms with E-state index in [0.29, 0.717) is 29.6 Å². The molecule has 1 saturated heterocycles. The number of methoxy groups -OCH3 is 1. The molecule has 2 aliphatic rings. The van der Waals surface area contributed by atoms with Gasteiger partial charge in [-0.3, -0.25) is 14.4 Å². The molecule has 7 nitrogen and oxygen atoms in total. The van der Waals surface area contributed by atoms with Gasteiger partial charge in [0.1, 0.15) is 11.4 Å². The van der Waals surface area contributed by atoms with Crippen LogP contribution in [0.1, 0.15) is 34.6 Å². The van der Waals surface area contributed by atoms with E-state index in [1.165, 1.54) is 5.56 Å². The Kier molecular flexibility index (Phi) is 4.84. The van der Waals surface area contributed by atoms with Crippen molar-refractivity contribution in [2.24, 2.45) is 5.73 Å². The Morgan fingerprint density at radius 2 is 2.15 bits per heavy atom. The molecule has 1 amide bonds. The van der Waals surface area contributed by atoms with Crippen LogP contribution in [-0.4, -0.2) is 46.4 Å². The van der Waals surface area contributed by atoms with E-state index in [-0.39, 0.29) is 5.60 Å². The summed E-state index contributed by atoms with van der Waals surface area (Å²) in [5, 5.41) is 4.96. The highest BCUT2D eigenvalue weighted by molar-refractivity contribution is 6.32. The van der Waals surface area contributed by atoms with E-state index in [2.05, 4.69) is 10.00 Å². The molecule has 0 bridgehead atoms. The van der Waals surface area contributed by atoms with Crippen LogP contribution in [0.2, 0.25) is 5.02 Å². The number of piperidine rings is 1. The van der Waals surface area contributed by atoms with Crippen LogP contribution in [0.5, 0.6) is 5.75 Å². The van der Waals surface area contributed by atoms with Crippen molar-refractivity contribution in [2.75, 3.05) is 20.2 Å². The quantitative estimate of drug-likeness (QED) is 0.865. The Morgan fingerprint density at radius 3 is 2.85 bits per heavy atom. The molecule has 0 unspecified atom stereocenters. The normalized spacial score (nSPS) is 19.0. The highest BCUT2D eigenvalue weighted by atomic mass is 35.5. The van der Waals surface area contributed by atoms with Gasteiger partial charge in [0.05, 0.1) is 36.6 Å². The number of nitrogens with zero attached hydrogens (tertiary/aromatic N) is 3. The minimum Gasteiger partial charge on any atom is -0.495 e. The van der Waals surface area contributed by atoms with Crippen molar-refractivity contribution in [2.45, 2.75) is 38.1 Å². The molecule has 1 aromatic carbocycles. The van der Waals surface area contributed by atoms with Gasteiger partial charge in [0.15, 0.2) is 0 Å². The molecule has 8 heteroatoms. The zero-order valence-electron chi connectivity index (χ0n) is 15.3. The lowest BCUT2D eigenvalue weighted by Crippen LogP contribution is -2.50. The van der Waals surface area contributed by atoms with Crippen LogP contribution >= 0.6 is 11.6 Å². The molecule has 2 N–H and O–H groups in total. The van der Waals surface area contributed by atoms with E-state index in [1.807, 2.05) is 22.9 Å². The average molecular weight is 391 g/mol. The van der Waals surface area contributed by atoms with Crippen LogP contribution in [0.25, 0.3) is 0 Å². The molecule has 1 aromatic heterocycles. The number of fused-ring (bicyclic) bond motifs is 1. The number of likely N-dealkylation sites (tertiary alicyclic amines) is 1. The van der Waals surface area contributed by atoms with Crippen LogP contribution in [0.15, 0.2) is 24.3 Å². The van der Waals surface area contributed by atoms with Crippen molar-refractivity contribution in [3.05, 3.63) is 46.2 Å². The van der Waals surface area contributed by atoms with Gasteiger partial charge in [-0.25, -0.2) is 0 Å². The highest BCUT2D eigenvalue weighted by Crippen LogP contribution is 2.34. The van der Waals surface area contributed by atoms with E-state index in [1.54, 1.807) is 13.2 Å². The summed E-state index contributed by atoms with van der Waals surface area (Å²) in [5.74, 6) is 0.203. The maximum Gasteiger partial charge on any atom is 0.269 e. The number of aromatic nitrogens is 2. The molecule has 2 aliphatic heterocycles. The summed E-state index contributed by atoms with van der Waals surface area (Å²) in [7, 11) is 1.63. The molecule has 0 atom stereocenters. The summed E-state index contributed by atoms with van der Waals surface area (Å²) in [6.45, 7) is 3.85. The third-order valence-electron chi connectivity index (χ3n) is 5.47. The number of carbonyl (C=O) groups is 1. The summed E-state index contributed by atoms with van der Waals surface area (Å²) < 4.78 is 13.4. The standard InChI is InChI=1S/C19H23ClN4O3/c1-26-17-8-13(2-3-15(17)20)10-23-6-4-19(5-7-23)12-24-14(11-27-19)9-16(22-24)18(21)25/h2-3,8-9H,4-7,10-12H2,1H3,(H2,21,25). The fourth-order valence-electron chi connectivity index (χ4n) is 3.86. The van der Waals surface area contributed by atoms with Crippen LogP contribution in [0.3, 0.4) is 0 Å². The summed E-state index contributed by atoms with van der Waals surface area (Å²) >= 11 is 6.11. The van der Waals surface area contributed by atoms with Gasteiger partial charge in [-0.2, -0.15) is 5.10 Å². The Hall–Kier alpha value is -2.09. The zero-order valence-corrected chi connectivity index (χ0v) is 16.0. The first-order valence-corrected chi connectivity index (χ1v) is 9.41. The summed E-state index contributed by atoms with van der Waals surface area (Å²) in [6.07, 6.45) is 1.84. The smallest absolute Gasteiger partial charge is 0.269 e. The predicted octanol–water partition coefficient (Wildman–Crippen LogP) is 2.21. The van der Waals surface area contributed by atoms with Crippen molar-refractivity contribution in [1.82, 2.24) is 14.7 Å².